The first-order chi connectivity index (χ1) is 13.3. The maximum absolute atomic E-state index is 6.08. The predicted octanol–water partition coefficient (Wildman–Crippen LogP) is 5.95. The summed E-state index contributed by atoms with van der Waals surface area (Å²) in [4.78, 5) is 9.05. The van der Waals surface area contributed by atoms with Crippen molar-refractivity contribution < 1.29 is 13.9 Å². The van der Waals surface area contributed by atoms with Crippen LogP contribution in [-0.2, 0) is 0 Å². The number of thiazole rings is 1. The van der Waals surface area contributed by atoms with E-state index < -0.39 is 0 Å². The third-order valence-corrected chi connectivity index (χ3v) is 4.59. The number of nitrogens with zero attached hydrogens (tertiary/aromatic N) is 2. The minimum absolute atomic E-state index is 0.591. The Morgan fingerprint density at radius 1 is 0.963 bits per heavy atom. The van der Waals surface area contributed by atoms with Gasteiger partial charge < -0.3 is 13.9 Å². The molecule has 2 aromatic carbocycles. The van der Waals surface area contributed by atoms with Crippen LogP contribution in [0.3, 0.4) is 0 Å². The van der Waals surface area contributed by atoms with Crippen molar-refractivity contribution in [3.8, 4) is 27.8 Å². The molecule has 0 amide bonds. The summed E-state index contributed by atoms with van der Waals surface area (Å²) in [5.74, 6) is 2.15. The maximum atomic E-state index is 6.08. The van der Waals surface area contributed by atoms with E-state index in [2.05, 4.69) is 9.98 Å². The molecule has 0 N–H and O–H groups in total. The van der Waals surface area contributed by atoms with E-state index in [1.54, 1.807) is 19.6 Å². The van der Waals surface area contributed by atoms with E-state index in [0.717, 1.165) is 17.0 Å². The summed E-state index contributed by atoms with van der Waals surface area (Å²) in [6.45, 7) is 0. The summed E-state index contributed by atoms with van der Waals surface area (Å²) in [5, 5.41) is 1.27. The van der Waals surface area contributed by atoms with E-state index in [1.165, 1.54) is 11.3 Å². The number of hydrogen-bond acceptors (Lipinski definition) is 6. The smallest absolute Gasteiger partial charge is 0.213 e. The van der Waals surface area contributed by atoms with Crippen LogP contribution in [0.1, 0.15) is 5.76 Å². The van der Waals surface area contributed by atoms with Crippen LogP contribution in [0.2, 0.25) is 0 Å². The largest absolute Gasteiger partial charge is 0.497 e. The molecule has 27 heavy (non-hydrogen) atoms. The topological polar surface area (TPSA) is 56.9 Å². The van der Waals surface area contributed by atoms with E-state index in [9.17, 15) is 0 Å². The third-order valence-electron chi connectivity index (χ3n) is 3.75. The lowest BCUT2D eigenvalue weighted by molar-refractivity contribution is 0.413. The quantitative estimate of drug-likeness (QED) is 0.390. The van der Waals surface area contributed by atoms with Crippen LogP contribution in [0, 0.1) is 0 Å². The Labute approximate surface area is 160 Å². The fraction of sp³-hybridized carbons (Fsp3) is 0.0476. The third kappa shape index (κ3) is 4.07. The number of aromatic nitrogens is 1. The zero-order valence-corrected chi connectivity index (χ0v) is 15.3. The minimum atomic E-state index is 0.591. The maximum Gasteiger partial charge on any atom is 0.213 e. The molecule has 0 aliphatic carbocycles. The normalized spacial score (nSPS) is 11.0. The highest BCUT2D eigenvalue weighted by Gasteiger charge is 2.15. The zero-order chi connectivity index (χ0) is 18.5. The Balaban J connectivity index is 1.67. The number of furan rings is 1. The van der Waals surface area contributed by atoms with Gasteiger partial charge in [0.15, 0.2) is 0 Å². The number of aliphatic imine (C=N–C) groups is 1. The van der Waals surface area contributed by atoms with E-state index in [4.69, 9.17) is 13.9 Å². The van der Waals surface area contributed by atoms with Crippen LogP contribution in [0.5, 0.6) is 16.6 Å². The molecule has 0 radical (unpaired) electrons. The number of ether oxygens (including phenoxy) is 2. The molecule has 0 aliphatic rings. The van der Waals surface area contributed by atoms with Crippen molar-refractivity contribution in [3.05, 3.63) is 78.8 Å². The molecule has 4 rings (SSSR count). The highest BCUT2D eigenvalue weighted by molar-refractivity contribution is 7.17. The lowest BCUT2D eigenvalue weighted by atomic mass is 10.2. The first-order valence-electron chi connectivity index (χ1n) is 8.27. The van der Waals surface area contributed by atoms with Crippen LogP contribution in [0.25, 0.3) is 11.3 Å². The van der Waals surface area contributed by atoms with Crippen molar-refractivity contribution in [1.29, 1.82) is 0 Å². The van der Waals surface area contributed by atoms with Gasteiger partial charge in [-0.1, -0.05) is 41.7 Å². The molecule has 2 heterocycles. The fourth-order valence-electron chi connectivity index (χ4n) is 2.43. The predicted molar refractivity (Wildman–Crippen MR) is 107 cm³/mol. The van der Waals surface area contributed by atoms with Gasteiger partial charge in [0.1, 0.15) is 23.0 Å². The van der Waals surface area contributed by atoms with Gasteiger partial charge in [0.05, 0.1) is 19.6 Å². The Kier molecular flexibility index (Phi) is 4.98. The van der Waals surface area contributed by atoms with Crippen LogP contribution < -0.4 is 9.47 Å². The van der Waals surface area contributed by atoms with Crippen molar-refractivity contribution in [1.82, 2.24) is 4.98 Å². The van der Waals surface area contributed by atoms with Crippen LogP contribution in [0.15, 0.2) is 82.4 Å². The molecule has 0 saturated heterocycles. The summed E-state index contributed by atoms with van der Waals surface area (Å²) in [6.07, 6.45) is 3.25. The molecule has 0 aliphatic heterocycles. The van der Waals surface area contributed by atoms with Gasteiger partial charge in [-0.05, 0) is 36.4 Å². The number of benzene rings is 2. The van der Waals surface area contributed by atoms with Gasteiger partial charge in [0, 0.05) is 5.56 Å². The van der Waals surface area contributed by atoms with Gasteiger partial charge in [-0.15, -0.1) is 0 Å². The van der Waals surface area contributed by atoms with Crippen molar-refractivity contribution >= 4 is 22.7 Å². The van der Waals surface area contributed by atoms with Gasteiger partial charge in [0.25, 0.3) is 0 Å². The standard InChI is InChI=1S/C21H16N2O3S/c1-24-16-9-11-17(12-10-16)26-20-19(15-6-3-2-4-7-15)23-21(27-20)22-14-18-8-5-13-25-18/h2-14H,1H3/b22-14+. The lowest BCUT2D eigenvalue weighted by Gasteiger charge is -2.06. The van der Waals surface area contributed by atoms with Crippen molar-refractivity contribution in [2.24, 2.45) is 4.99 Å². The highest BCUT2D eigenvalue weighted by Crippen LogP contribution is 2.41. The Bertz CT molecular complexity index is 1020. The second-order valence-electron chi connectivity index (χ2n) is 5.55. The van der Waals surface area contributed by atoms with Crippen LogP contribution in [0.4, 0.5) is 5.13 Å². The Morgan fingerprint density at radius 3 is 2.44 bits per heavy atom. The summed E-state index contributed by atoms with van der Waals surface area (Å²) >= 11 is 1.38. The molecule has 134 valence electrons. The molecule has 0 bridgehead atoms. The number of methoxy groups -OCH3 is 1. The second kappa shape index (κ2) is 7.88. The Hall–Kier alpha value is -3.38. The van der Waals surface area contributed by atoms with Gasteiger partial charge in [0.2, 0.25) is 10.2 Å². The minimum Gasteiger partial charge on any atom is -0.497 e. The lowest BCUT2D eigenvalue weighted by Crippen LogP contribution is -1.86. The molecule has 0 spiro atoms. The second-order valence-corrected chi connectivity index (χ2v) is 6.49. The molecule has 5 nitrogen and oxygen atoms in total. The fourth-order valence-corrected chi connectivity index (χ4v) is 3.24. The van der Waals surface area contributed by atoms with Crippen LogP contribution in [-0.4, -0.2) is 18.3 Å². The summed E-state index contributed by atoms with van der Waals surface area (Å²) < 4.78 is 16.6. The zero-order valence-electron chi connectivity index (χ0n) is 14.5. The molecule has 0 fully saturated rings. The highest BCUT2D eigenvalue weighted by atomic mass is 32.1. The molecule has 2 aromatic heterocycles. The van der Waals surface area contributed by atoms with Gasteiger partial charge in [-0.25, -0.2) is 9.98 Å². The first kappa shape index (κ1) is 17.1. The molecule has 0 unspecified atom stereocenters. The molecule has 0 saturated carbocycles. The average Bonchev–Trinajstić information content (AvgIpc) is 3.37. The van der Waals surface area contributed by atoms with E-state index in [0.29, 0.717) is 21.7 Å². The number of hydrogen-bond donors (Lipinski definition) is 0. The van der Waals surface area contributed by atoms with Crippen molar-refractivity contribution in [2.75, 3.05) is 7.11 Å². The monoisotopic (exact) mass is 376 g/mol. The molecular weight excluding hydrogens is 360 g/mol. The van der Waals surface area contributed by atoms with Crippen molar-refractivity contribution in [3.63, 3.8) is 0 Å². The summed E-state index contributed by atoms with van der Waals surface area (Å²) in [6, 6.07) is 21.0. The van der Waals surface area contributed by atoms with Gasteiger partial charge in [-0.3, -0.25) is 0 Å². The van der Waals surface area contributed by atoms with Crippen molar-refractivity contribution in [2.45, 2.75) is 0 Å². The SMILES string of the molecule is COc1ccc(Oc2sc(/N=C/c3ccco3)nc2-c2ccccc2)cc1. The average molecular weight is 376 g/mol. The molecule has 4 aromatic rings. The first-order valence-corrected chi connectivity index (χ1v) is 9.09. The summed E-state index contributed by atoms with van der Waals surface area (Å²) in [5.41, 5.74) is 1.72. The molecule has 0 atom stereocenters. The van der Waals surface area contributed by atoms with Gasteiger partial charge >= 0.3 is 0 Å². The Morgan fingerprint density at radius 2 is 1.74 bits per heavy atom. The molecular formula is C21H16N2O3S. The van der Waals surface area contributed by atoms with E-state index in [1.807, 2.05) is 66.7 Å². The number of rotatable bonds is 6. The van der Waals surface area contributed by atoms with E-state index in [-0.39, 0.29) is 0 Å². The van der Waals surface area contributed by atoms with Gasteiger partial charge in [-0.2, -0.15) is 0 Å². The molecule has 6 heteroatoms. The summed E-state index contributed by atoms with van der Waals surface area (Å²) in [7, 11) is 1.63. The van der Waals surface area contributed by atoms with Crippen LogP contribution >= 0.6 is 11.3 Å². The van der Waals surface area contributed by atoms with E-state index >= 15 is 0 Å².